The molecule has 4 nitrogen and oxygen atoms in total. The molecule has 0 saturated carbocycles. The molecule has 0 bridgehead atoms. The maximum atomic E-state index is 9.72. The van der Waals surface area contributed by atoms with Crippen LogP contribution in [0.15, 0.2) is 28.7 Å². The SMILES string of the molecule is Cc1nc(CN2CCCC(O)C2)oc1-c1ccc(Cl)cc1. The molecule has 0 spiro atoms. The van der Waals surface area contributed by atoms with Crippen molar-refractivity contribution in [1.82, 2.24) is 9.88 Å². The molecule has 2 heterocycles. The molecular weight excluding hydrogens is 288 g/mol. The van der Waals surface area contributed by atoms with Crippen molar-refractivity contribution in [3.63, 3.8) is 0 Å². The van der Waals surface area contributed by atoms with Gasteiger partial charge in [0.05, 0.1) is 18.3 Å². The second-order valence-electron chi connectivity index (χ2n) is 5.56. The standard InChI is InChI=1S/C16H19ClN2O2/c1-11-16(12-4-6-13(17)7-5-12)21-15(18-11)10-19-8-2-3-14(20)9-19/h4-7,14,20H,2-3,8-10H2,1H3. The summed E-state index contributed by atoms with van der Waals surface area (Å²) in [5.41, 5.74) is 1.86. The quantitative estimate of drug-likeness (QED) is 0.945. The molecule has 21 heavy (non-hydrogen) atoms. The van der Waals surface area contributed by atoms with Gasteiger partial charge < -0.3 is 9.52 Å². The Hall–Kier alpha value is -1.36. The highest BCUT2D eigenvalue weighted by molar-refractivity contribution is 6.30. The Morgan fingerprint density at radius 1 is 1.38 bits per heavy atom. The van der Waals surface area contributed by atoms with Crippen LogP contribution in [-0.4, -0.2) is 34.2 Å². The Labute approximate surface area is 129 Å². The molecule has 1 saturated heterocycles. The highest BCUT2D eigenvalue weighted by atomic mass is 35.5. The molecule has 3 rings (SSSR count). The van der Waals surface area contributed by atoms with Crippen LogP contribution < -0.4 is 0 Å². The number of oxazole rings is 1. The summed E-state index contributed by atoms with van der Waals surface area (Å²) in [6, 6.07) is 7.56. The number of β-amino-alcohol motifs (C(OH)–C–C–N with tert-alkyl or cyclic N) is 1. The summed E-state index contributed by atoms with van der Waals surface area (Å²) in [6.45, 7) is 4.26. The number of nitrogens with zero attached hydrogens (tertiary/aromatic N) is 2. The maximum absolute atomic E-state index is 9.72. The third-order valence-electron chi connectivity index (χ3n) is 3.79. The number of rotatable bonds is 3. The van der Waals surface area contributed by atoms with Crippen LogP contribution in [0.1, 0.15) is 24.4 Å². The number of benzene rings is 1. The molecular formula is C16H19ClN2O2. The van der Waals surface area contributed by atoms with Crippen molar-refractivity contribution in [3.8, 4) is 11.3 Å². The smallest absolute Gasteiger partial charge is 0.209 e. The van der Waals surface area contributed by atoms with Gasteiger partial charge in [0.15, 0.2) is 5.76 Å². The summed E-state index contributed by atoms with van der Waals surface area (Å²) >= 11 is 5.91. The average molecular weight is 307 g/mol. The third-order valence-corrected chi connectivity index (χ3v) is 4.04. The lowest BCUT2D eigenvalue weighted by Gasteiger charge is -2.28. The second-order valence-corrected chi connectivity index (χ2v) is 6.00. The molecule has 0 amide bonds. The van der Waals surface area contributed by atoms with Crippen LogP contribution in [0.5, 0.6) is 0 Å². The van der Waals surface area contributed by atoms with E-state index >= 15 is 0 Å². The first kappa shape index (κ1) is 14.6. The fraction of sp³-hybridized carbons (Fsp3) is 0.438. The van der Waals surface area contributed by atoms with Crippen LogP contribution >= 0.6 is 11.6 Å². The highest BCUT2D eigenvalue weighted by Crippen LogP contribution is 2.26. The minimum atomic E-state index is -0.231. The van der Waals surface area contributed by atoms with Gasteiger partial charge in [-0.25, -0.2) is 4.98 Å². The minimum absolute atomic E-state index is 0.231. The number of likely N-dealkylation sites (tertiary alicyclic amines) is 1. The predicted molar refractivity (Wildman–Crippen MR) is 82.2 cm³/mol. The third kappa shape index (κ3) is 3.46. The summed E-state index contributed by atoms with van der Waals surface area (Å²) in [5.74, 6) is 1.49. The summed E-state index contributed by atoms with van der Waals surface area (Å²) in [7, 11) is 0. The van der Waals surface area contributed by atoms with Gasteiger partial charge in [-0.15, -0.1) is 0 Å². The molecule has 1 fully saturated rings. The van der Waals surface area contributed by atoms with Gasteiger partial charge in [0.1, 0.15) is 0 Å². The topological polar surface area (TPSA) is 49.5 Å². The van der Waals surface area contributed by atoms with Gasteiger partial charge in [-0.3, -0.25) is 4.90 Å². The Bertz CT molecular complexity index is 609. The normalized spacial score (nSPS) is 19.9. The van der Waals surface area contributed by atoms with E-state index in [1.165, 1.54) is 0 Å². The molecule has 112 valence electrons. The van der Waals surface area contributed by atoms with Crippen molar-refractivity contribution < 1.29 is 9.52 Å². The van der Waals surface area contributed by atoms with Gasteiger partial charge in [0.25, 0.3) is 0 Å². The van der Waals surface area contributed by atoms with Gasteiger partial charge in [-0.1, -0.05) is 11.6 Å². The molecule has 0 aliphatic carbocycles. The lowest BCUT2D eigenvalue weighted by Crippen LogP contribution is -2.37. The fourth-order valence-corrected chi connectivity index (χ4v) is 2.88. The highest BCUT2D eigenvalue weighted by Gasteiger charge is 2.20. The number of aliphatic hydroxyl groups is 1. The molecule has 1 aliphatic rings. The van der Waals surface area contributed by atoms with Crippen LogP contribution in [0.25, 0.3) is 11.3 Å². The van der Waals surface area contributed by atoms with E-state index in [1.807, 2.05) is 31.2 Å². The zero-order valence-corrected chi connectivity index (χ0v) is 12.8. The van der Waals surface area contributed by atoms with Crippen molar-refractivity contribution in [1.29, 1.82) is 0 Å². The molecule has 5 heteroatoms. The van der Waals surface area contributed by atoms with Gasteiger partial charge >= 0.3 is 0 Å². The predicted octanol–water partition coefficient (Wildman–Crippen LogP) is 3.26. The number of aromatic nitrogens is 1. The number of piperidine rings is 1. The van der Waals surface area contributed by atoms with Gasteiger partial charge in [0.2, 0.25) is 5.89 Å². The monoisotopic (exact) mass is 306 g/mol. The average Bonchev–Trinajstić information content (AvgIpc) is 2.80. The zero-order valence-electron chi connectivity index (χ0n) is 12.1. The molecule has 2 aromatic rings. The molecule has 1 unspecified atom stereocenters. The fourth-order valence-electron chi connectivity index (χ4n) is 2.76. The van der Waals surface area contributed by atoms with Gasteiger partial charge in [0, 0.05) is 17.1 Å². The van der Waals surface area contributed by atoms with Gasteiger partial charge in [-0.05, 0) is 50.6 Å². The molecule has 1 aromatic carbocycles. The van der Waals surface area contributed by atoms with Crippen molar-refractivity contribution >= 4 is 11.6 Å². The van der Waals surface area contributed by atoms with E-state index < -0.39 is 0 Å². The van der Waals surface area contributed by atoms with Crippen LogP contribution in [0.4, 0.5) is 0 Å². The van der Waals surface area contributed by atoms with E-state index in [-0.39, 0.29) is 6.10 Å². The first-order valence-corrected chi connectivity index (χ1v) is 7.62. The molecule has 1 N–H and O–H groups in total. The van der Waals surface area contributed by atoms with Crippen molar-refractivity contribution in [2.75, 3.05) is 13.1 Å². The van der Waals surface area contributed by atoms with Crippen LogP contribution in [-0.2, 0) is 6.54 Å². The van der Waals surface area contributed by atoms with Crippen LogP contribution in [0.3, 0.4) is 0 Å². The molecule has 1 aromatic heterocycles. The number of aryl methyl sites for hydroxylation is 1. The maximum Gasteiger partial charge on any atom is 0.209 e. The van der Waals surface area contributed by atoms with E-state index in [0.717, 1.165) is 36.4 Å². The zero-order chi connectivity index (χ0) is 14.8. The summed E-state index contributed by atoms with van der Waals surface area (Å²) < 4.78 is 5.90. The lowest BCUT2D eigenvalue weighted by atomic mass is 10.1. The van der Waals surface area contributed by atoms with Crippen molar-refractivity contribution in [2.24, 2.45) is 0 Å². The Morgan fingerprint density at radius 2 is 2.14 bits per heavy atom. The van der Waals surface area contributed by atoms with E-state index in [4.69, 9.17) is 16.0 Å². The number of hydrogen-bond donors (Lipinski definition) is 1. The van der Waals surface area contributed by atoms with E-state index in [0.29, 0.717) is 24.0 Å². The summed E-state index contributed by atoms with van der Waals surface area (Å²) in [6.07, 6.45) is 1.67. The first-order chi connectivity index (χ1) is 10.1. The lowest BCUT2D eigenvalue weighted by molar-refractivity contribution is 0.0625. The molecule has 1 atom stereocenters. The molecule has 0 radical (unpaired) electrons. The van der Waals surface area contributed by atoms with Gasteiger partial charge in [-0.2, -0.15) is 0 Å². The van der Waals surface area contributed by atoms with Crippen molar-refractivity contribution in [3.05, 3.63) is 40.9 Å². The number of hydrogen-bond acceptors (Lipinski definition) is 4. The second kappa shape index (κ2) is 6.18. The van der Waals surface area contributed by atoms with Crippen LogP contribution in [0.2, 0.25) is 5.02 Å². The van der Waals surface area contributed by atoms with E-state index in [1.54, 1.807) is 0 Å². The van der Waals surface area contributed by atoms with E-state index in [9.17, 15) is 5.11 Å². The molecule has 1 aliphatic heterocycles. The number of halogens is 1. The number of aliphatic hydroxyl groups excluding tert-OH is 1. The Balaban J connectivity index is 1.76. The summed E-state index contributed by atoms with van der Waals surface area (Å²) in [4.78, 5) is 6.69. The van der Waals surface area contributed by atoms with Crippen molar-refractivity contribution in [2.45, 2.75) is 32.4 Å². The Kier molecular flexibility index (Phi) is 4.29. The summed E-state index contributed by atoms with van der Waals surface area (Å²) in [5, 5.41) is 10.4. The Morgan fingerprint density at radius 3 is 2.86 bits per heavy atom. The first-order valence-electron chi connectivity index (χ1n) is 7.24. The largest absolute Gasteiger partial charge is 0.439 e. The van der Waals surface area contributed by atoms with E-state index in [2.05, 4.69) is 9.88 Å². The minimum Gasteiger partial charge on any atom is -0.439 e. The van der Waals surface area contributed by atoms with Crippen LogP contribution in [0, 0.1) is 6.92 Å².